The molecule has 1 N–H and O–H groups in total. The Bertz CT molecular complexity index is 780. The maximum absolute atomic E-state index is 12.3. The maximum atomic E-state index is 12.3. The van der Waals surface area contributed by atoms with Crippen molar-refractivity contribution in [2.24, 2.45) is 0 Å². The van der Waals surface area contributed by atoms with Crippen molar-refractivity contribution in [3.63, 3.8) is 0 Å². The van der Waals surface area contributed by atoms with Gasteiger partial charge in [-0.05, 0) is 36.4 Å². The van der Waals surface area contributed by atoms with E-state index in [0.717, 1.165) is 0 Å². The second-order valence-corrected chi connectivity index (χ2v) is 6.72. The molecule has 0 fully saturated rings. The minimum Gasteiger partial charge on any atom is -0.497 e. The molecule has 0 unspecified atom stereocenters. The van der Waals surface area contributed by atoms with Gasteiger partial charge in [-0.15, -0.1) is 0 Å². The van der Waals surface area contributed by atoms with Crippen LogP contribution in [0.25, 0.3) is 0 Å². The molecule has 0 spiro atoms. The number of ether oxygens (including phenoxy) is 2. The highest BCUT2D eigenvalue weighted by atomic mass is 32.2. The van der Waals surface area contributed by atoms with Gasteiger partial charge in [-0.3, -0.25) is 0 Å². The van der Waals surface area contributed by atoms with E-state index in [4.69, 9.17) is 14.6 Å². The second kappa shape index (κ2) is 7.15. The zero-order valence-electron chi connectivity index (χ0n) is 12.4. The molecule has 0 radical (unpaired) electrons. The number of aromatic carboxylic acids is 1. The normalized spacial score (nSPS) is 11.0. The van der Waals surface area contributed by atoms with E-state index in [-0.39, 0.29) is 22.8 Å². The van der Waals surface area contributed by atoms with Crippen LogP contribution in [0, 0.1) is 0 Å². The van der Waals surface area contributed by atoms with E-state index in [9.17, 15) is 13.2 Å². The van der Waals surface area contributed by atoms with Crippen molar-refractivity contribution < 1.29 is 27.8 Å². The topological polar surface area (TPSA) is 89.9 Å². The Hall–Kier alpha value is -2.54. The summed E-state index contributed by atoms with van der Waals surface area (Å²) >= 11 is 0. The highest BCUT2D eigenvalue weighted by Gasteiger charge is 2.21. The third kappa shape index (κ3) is 4.23. The number of hydrogen-bond acceptors (Lipinski definition) is 5. The molecule has 23 heavy (non-hydrogen) atoms. The smallest absolute Gasteiger partial charge is 0.337 e. The van der Waals surface area contributed by atoms with Crippen molar-refractivity contribution in [2.75, 3.05) is 19.5 Å². The number of benzene rings is 2. The van der Waals surface area contributed by atoms with E-state index >= 15 is 0 Å². The minimum absolute atomic E-state index is 0.0807. The van der Waals surface area contributed by atoms with Gasteiger partial charge >= 0.3 is 5.97 Å². The maximum Gasteiger partial charge on any atom is 0.337 e. The summed E-state index contributed by atoms with van der Waals surface area (Å²) < 4.78 is 35.0. The van der Waals surface area contributed by atoms with Gasteiger partial charge in [-0.25, -0.2) is 13.2 Å². The molecule has 0 aliphatic rings. The molecule has 6 nitrogen and oxygen atoms in total. The summed E-state index contributed by atoms with van der Waals surface area (Å²) in [6, 6.07) is 12.2. The second-order valence-electron chi connectivity index (χ2n) is 4.64. The fourth-order valence-electron chi connectivity index (χ4n) is 1.97. The van der Waals surface area contributed by atoms with E-state index in [1.54, 1.807) is 31.4 Å². The molecule has 2 aromatic rings. The quantitative estimate of drug-likeness (QED) is 0.834. The molecule has 0 saturated heterocycles. The monoisotopic (exact) mass is 336 g/mol. The van der Waals surface area contributed by atoms with Gasteiger partial charge in [0, 0.05) is 0 Å². The third-order valence-corrected chi connectivity index (χ3v) is 4.86. The molecule has 7 heteroatoms. The van der Waals surface area contributed by atoms with Gasteiger partial charge in [-0.2, -0.15) is 0 Å². The summed E-state index contributed by atoms with van der Waals surface area (Å²) in [4.78, 5) is 10.9. The van der Waals surface area contributed by atoms with Gasteiger partial charge in [0.15, 0.2) is 9.84 Å². The van der Waals surface area contributed by atoms with Gasteiger partial charge in [0.1, 0.15) is 18.1 Å². The summed E-state index contributed by atoms with van der Waals surface area (Å²) in [6.07, 6.45) is 0. The van der Waals surface area contributed by atoms with Crippen molar-refractivity contribution in [3.8, 4) is 11.5 Å². The molecule has 122 valence electrons. The van der Waals surface area contributed by atoms with Crippen LogP contribution >= 0.6 is 0 Å². The molecule has 2 aromatic carbocycles. The van der Waals surface area contributed by atoms with Gasteiger partial charge in [-0.1, -0.05) is 12.1 Å². The number of methoxy groups -OCH3 is 1. The van der Waals surface area contributed by atoms with E-state index in [1.807, 2.05) is 0 Å². The lowest BCUT2D eigenvalue weighted by Gasteiger charge is -2.09. The standard InChI is InChI=1S/C16H16O6S/c1-21-12-6-8-13(9-7-12)22-10-11-23(19,20)15-5-3-2-4-14(15)16(17)18/h2-9H,10-11H2,1H3,(H,17,18). The molecular weight excluding hydrogens is 320 g/mol. The first-order chi connectivity index (χ1) is 10.9. The first kappa shape index (κ1) is 16.8. The van der Waals surface area contributed by atoms with Gasteiger partial charge in [0.2, 0.25) is 0 Å². The predicted octanol–water partition coefficient (Wildman–Crippen LogP) is 2.25. The zero-order valence-corrected chi connectivity index (χ0v) is 13.2. The fourth-order valence-corrected chi connectivity index (χ4v) is 3.26. The Morgan fingerprint density at radius 2 is 1.65 bits per heavy atom. The average molecular weight is 336 g/mol. The molecule has 0 amide bonds. The Balaban J connectivity index is 2.05. The number of carboxylic acids is 1. The lowest BCUT2D eigenvalue weighted by molar-refractivity contribution is 0.0692. The molecular formula is C16H16O6S. The summed E-state index contributed by atoms with van der Waals surface area (Å²) in [5, 5.41) is 9.07. The molecule has 2 rings (SSSR count). The van der Waals surface area contributed by atoms with Crippen molar-refractivity contribution >= 4 is 15.8 Å². The average Bonchev–Trinajstić information content (AvgIpc) is 2.55. The first-order valence-electron chi connectivity index (χ1n) is 6.76. The van der Waals surface area contributed by atoms with Crippen molar-refractivity contribution in [1.82, 2.24) is 0 Å². The van der Waals surface area contributed by atoms with E-state index in [0.29, 0.717) is 11.5 Å². The minimum atomic E-state index is -3.75. The van der Waals surface area contributed by atoms with Crippen LogP contribution in [0.3, 0.4) is 0 Å². The fraction of sp³-hybridized carbons (Fsp3) is 0.188. The summed E-state index contributed by atoms with van der Waals surface area (Å²) in [5.74, 6) is -0.420. The van der Waals surface area contributed by atoms with Crippen LogP contribution in [-0.4, -0.2) is 39.0 Å². The molecule has 0 aliphatic carbocycles. The number of sulfone groups is 1. The number of carboxylic acid groups (broad SMARTS) is 1. The van der Waals surface area contributed by atoms with E-state index in [2.05, 4.69) is 0 Å². The van der Waals surface area contributed by atoms with Crippen molar-refractivity contribution in [3.05, 3.63) is 54.1 Å². The highest BCUT2D eigenvalue weighted by molar-refractivity contribution is 7.91. The Kier molecular flexibility index (Phi) is 5.23. The molecule has 0 aliphatic heterocycles. The third-order valence-electron chi connectivity index (χ3n) is 3.13. The molecule has 0 aromatic heterocycles. The lowest BCUT2D eigenvalue weighted by atomic mass is 10.2. The highest BCUT2D eigenvalue weighted by Crippen LogP contribution is 2.19. The van der Waals surface area contributed by atoms with Crippen LogP contribution in [0.1, 0.15) is 10.4 Å². The first-order valence-corrected chi connectivity index (χ1v) is 8.41. The summed E-state index contributed by atoms with van der Waals surface area (Å²) in [6.45, 7) is -0.0807. The predicted molar refractivity (Wildman–Crippen MR) is 83.9 cm³/mol. The van der Waals surface area contributed by atoms with Gasteiger partial charge < -0.3 is 14.6 Å². The summed E-state index contributed by atoms with van der Waals surface area (Å²) in [7, 11) is -2.21. The number of rotatable bonds is 7. The number of hydrogen-bond donors (Lipinski definition) is 1. The van der Waals surface area contributed by atoms with Crippen molar-refractivity contribution in [1.29, 1.82) is 0 Å². The molecule has 0 atom stereocenters. The van der Waals surface area contributed by atoms with Crippen LogP contribution in [0.2, 0.25) is 0 Å². The van der Waals surface area contributed by atoms with Gasteiger partial charge in [0.05, 0.1) is 23.3 Å². The Labute approximate surface area is 134 Å². The zero-order chi connectivity index (χ0) is 16.9. The van der Waals surface area contributed by atoms with E-state index < -0.39 is 15.8 Å². The Morgan fingerprint density at radius 1 is 1.04 bits per heavy atom. The van der Waals surface area contributed by atoms with E-state index in [1.165, 1.54) is 24.3 Å². The van der Waals surface area contributed by atoms with Crippen LogP contribution in [0.5, 0.6) is 11.5 Å². The molecule has 0 saturated carbocycles. The summed E-state index contributed by atoms with van der Waals surface area (Å²) in [5.41, 5.74) is -0.239. The Morgan fingerprint density at radius 3 is 2.26 bits per heavy atom. The number of carbonyl (C=O) groups is 1. The SMILES string of the molecule is COc1ccc(OCCS(=O)(=O)c2ccccc2C(=O)O)cc1. The van der Waals surface area contributed by atoms with Crippen LogP contribution in [-0.2, 0) is 9.84 Å². The largest absolute Gasteiger partial charge is 0.497 e. The molecule has 0 bridgehead atoms. The van der Waals surface area contributed by atoms with Crippen LogP contribution < -0.4 is 9.47 Å². The van der Waals surface area contributed by atoms with Crippen LogP contribution in [0.15, 0.2) is 53.4 Å². The molecule has 0 heterocycles. The lowest BCUT2D eigenvalue weighted by Crippen LogP contribution is -2.17. The van der Waals surface area contributed by atoms with Crippen LogP contribution in [0.4, 0.5) is 0 Å². The van der Waals surface area contributed by atoms with Crippen molar-refractivity contribution in [2.45, 2.75) is 4.90 Å². The van der Waals surface area contributed by atoms with Gasteiger partial charge in [0.25, 0.3) is 0 Å².